The first-order valence-electron chi connectivity index (χ1n) is 12.2. The first-order valence-corrected chi connectivity index (χ1v) is 14.0. The maximum Gasteiger partial charge on any atom is 0.251 e. The van der Waals surface area contributed by atoms with Crippen LogP contribution in [0.2, 0.25) is 0 Å². The molecule has 0 radical (unpaired) electrons. The van der Waals surface area contributed by atoms with Gasteiger partial charge in [0.1, 0.15) is 12.0 Å². The Hall–Kier alpha value is -3.51. The van der Waals surface area contributed by atoms with Gasteiger partial charge in [-0.3, -0.25) is 9.78 Å². The molecule has 2 N–H and O–H groups in total. The predicted molar refractivity (Wildman–Crippen MR) is 143 cm³/mol. The zero-order valence-electron chi connectivity index (χ0n) is 21.1. The number of hydrogen-bond donors (Lipinski definition) is 2. The summed E-state index contributed by atoms with van der Waals surface area (Å²) in [6, 6.07) is 9.50. The number of guanidine groups is 1. The molecule has 38 heavy (non-hydrogen) atoms. The number of nitrogens with one attached hydrogen (secondary N) is 2. The molecule has 2 heterocycles. The van der Waals surface area contributed by atoms with Gasteiger partial charge in [0, 0.05) is 49.2 Å². The van der Waals surface area contributed by atoms with E-state index in [0.29, 0.717) is 5.56 Å². The Morgan fingerprint density at radius 2 is 2.03 bits per heavy atom. The second-order valence-electron chi connectivity index (χ2n) is 9.50. The highest BCUT2D eigenvalue weighted by atomic mass is 32.2. The van der Waals surface area contributed by atoms with Gasteiger partial charge in [0.15, 0.2) is 0 Å². The summed E-state index contributed by atoms with van der Waals surface area (Å²) in [4.78, 5) is 25.3. The van der Waals surface area contributed by atoms with E-state index >= 15 is 0 Å². The number of rotatable bonds is 8. The van der Waals surface area contributed by atoms with Crippen LogP contribution in [0, 0.1) is 5.82 Å². The molecule has 1 aromatic heterocycles. The average molecular weight is 545 g/mol. The Bertz CT molecular complexity index is 1370. The predicted octanol–water partition coefficient (Wildman–Crippen LogP) is 2.67. The Balaban J connectivity index is 1.39. The Labute approximate surface area is 220 Å². The minimum absolute atomic E-state index is 0.162. The van der Waals surface area contributed by atoms with Crippen LogP contribution in [-0.4, -0.2) is 73.9 Å². The number of sulfonamides is 1. The first-order chi connectivity index (χ1) is 18.1. The number of carbonyl (C=O) groups is 1. The molecule has 9 nitrogen and oxygen atoms in total. The van der Waals surface area contributed by atoms with E-state index in [-0.39, 0.29) is 56.1 Å². The highest BCUT2D eigenvalue weighted by Gasteiger charge is 2.48. The number of amides is 1. The lowest BCUT2D eigenvalue weighted by molar-refractivity contribution is 0.0891. The van der Waals surface area contributed by atoms with Gasteiger partial charge in [-0.15, -0.1) is 0 Å². The lowest BCUT2D eigenvalue weighted by atomic mass is 9.65. The van der Waals surface area contributed by atoms with Crippen LogP contribution in [0.15, 0.2) is 58.8 Å². The van der Waals surface area contributed by atoms with Gasteiger partial charge < -0.3 is 10.6 Å². The van der Waals surface area contributed by atoms with Crippen molar-refractivity contribution in [2.75, 3.05) is 25.9 Å². The lowest BCUT2D eigenvalue weighted by Crippen LogP contribution is -2.60. The topological polar surface area (TPSA) is 116 Å². The zero-order chi connectivity index (χ0) is 27.3. The molecule has 1 saturated carbocycles. The molecule has 1 aliphatic carbocycles. The average Bonchev–Trinajstić information content (AvgIpc) is 2.82. The third-order valence-corrected chi connectivity index (χ3v) is 7.82. The van der Waals surface area contributed by atoms with Crippen molar-refractivity contribution in [2.24, 2.45) is 9.98 Å². The highest BCUT2D eigenvalue weighted by Crippen LogP contribution is 2.45. The smallest absolute Gasteiger partial charge is 0.251 e. The molecule has 202 valence electrons. The van der Waals surface area contributed by atoms with Crippen LogP contribution in [0.5, 0.6) is 0 Å². The van der Waals surface area contributed by atoms with Crippen molar-refractivity contribution in [3.63, 3.8) is 0 Å². The molecule has 1 saturated heterocycles. The van der Waals surface area contributed by atoms with Gasteiger partial charge in [-0.25, -0.2) is 27.2 Å². The number of nitrogens with zero attached hydrogens (tertiary/aromatic N) is 4. The minimum atomic E-state index is -3.25. The van der Waals surface area contributed by atoms with E-state index in [1.165, 1.54) is 28.8 Å². The van der Waals surface area contributed by atoms with Crippen LogP contribution < -0.4 is 10.6 Å². The van der Waals surface area contributed by atoms with Gasteiger partial charge in [-0.05, 0) is 55.7 Å². The largest absolute Gasteiger partial charge is 0.353 e. The Morgan fingerprint density at radius 3 is 2.68 bits per heavy atom. The van der Waals surface area contributed by atoms with Gasteiger partial charge in [0.25, 0.3) is 5.91 Å². The fourth-order valence-corrected chi connectivity index (χ4v) is 5.43. The fourth-order valence-electron chi connectivity index (χ4n) is 4.53. The number of aliphatic imine (C=N–C) groups is 2. The number of hydrogen-bond acceptors (Lipinski definition) is 5. The maximum absolute atomic E-state index is 14.4. The molecular formula is C26H30F2N6O3S. The number of benzene rings is 1. The molecule has 1 aromatic carbocycles. The van der Waals surface area contributed by atoms with E-state index in [1.54, 1.807) is 37.4 Å². The third kappa shape index (κ3) is 6.48. The summed E-state index contributed by atoms with van der Waals surface area (Å²) in [6.45, 7) is 2.47. The standard InChI is InChI=1S/C26H30F2N6O3S/c1-3-29-25(32-17-26(13-20(27)14-26)23-22(28)8-5-10-30-23)31-11-9-18-6-4-7-19(12-18)24(35)33-21-15-34(16-21)38(2,36)37/h3-12,20-21H,13-17H2,1-2H3,(H,31,32)(H,33,35)/b11-9+,29-3-/t20-,26-. The maximum atomic E-state index is 14.4. The van der Waals surface area contributed by atoms with Crippen molar-refractivity contribution in [3.05, 3.63) is 71.4 Å². The van der Waals surface area contributed by atoms with E-state index in [1.807, 2.05) is 6.07 Å². The van der Waals surface area contributed by atoms with Gasteiger partial charge in [-0.1, -0.05) is 12.1 Å². The molecule has 12 heteroatoms. The quantitative estimate of drug-likeness (QED) is 0.392. The lowest BCUT2D eigenvalue weighted by Gasteiger charge is -2.43. The van der Waals surface area contributed by atoms with E-state index in [0.717, 1.165) is 11.8 Å². The number of halogens is 2. The van der Waals surface area contributed by atoms with E-state index < -0.39 is 27.4 Å². The Kier molecular flexibility index (Phi) is 8.32. The molecule has 0 bridgehead atoms. The van der Waals surface area contributed by atoms with Crippen LogP contribution in [0.4, 0.5) is 8.78 Å². The molecule has 0 unspecified atom stereocenters. The SMILES string of the molecule is C\C=N/C(=N\C=C\c1cccc(C(=O)NC2CN(S(C)(=O)=O)C2)c1)NC[C@]1(c2ncccc2F)C[C@H](F)C1. The van der Waals surface area contributed by atoms with Crippen LogP contribution in [0.25, 0.3) is 6.08 Å². The molecular weight excluding hydrogens is 514 g/mol. The van der Waals surface area contributed by atoms with Crippen LogP contribution in [0.3, 0.4) is 0 Å². The van der Waals surface area contributed by atoms with Crippen LogP contribution in [-0.2, 0) is 15.4 Å². The van der Waals surface area contributed by atoms with Gasteiger partial charge in [-0.2, -0.15) is 4.31 Å². The fraction of sp³-hybridized carbons (Fsp3) is 0.385. The first kappa shape index (κ1) is 27.5. The van der Waals surface area contributed by atoms with Crippen molar-refractivity contribution in [2.45, 2.75) is 37.4 Å². The van der Waals surface area contributed by atoms with Crippen molar-refractivity contribution >= 4 is 34.2 Å². The number of pyridine rings is 1. The van der Waals surface area contributed by atoms with Gasteiger partial charge in [0.2, 0.25) is 16.0 Å². The van der Waals surface area contributed by atoms with Crippen LogP contribution in [0.1, 0.15) is 41.4 Å². The molecule has 2 aliphatic rings. The highest BCUT2D eigenvalue weighted by molar-refractivity contribution is 7.88. The molecule has 0 atom stereocenters. The number of alkyl halides is 1. The van der Waals surface area contributed by atoms with Gasteiger partial charge in [0.05, 0.1) is 18.0 Å². The van der Waals surface area contributed by atoms with E-state index in [2.05, 4.69) is 25.6 Å². The normalized spacial score (nSPS) is 22.8. The van der Waals surface area contributed by atoms with Crippen molar-refractivity contribution in [1.29, 1.82) is 0 Å². The molecule has 1 aliphatic heterocycles. The third-order valence-electron chi connectivity index (χ3n) is 6.59. The minimum Gasteiger partial charge on any atom is -0.353 e. The second-order valence-corrected chi connectivity index (χ2v) is 11.5. The summed E-state index contributed by atoms with van der Waals surface area (Å²) in [6.07, 6.45) is 6.73. The van der Waals surface area contributed by atoms with Gasteiger partial charge >= 0.3 is 0 Å². The van der Waals surface area contributed by atoms with Crippen molar-refractivity contribution in [1.82, 2.24) is 19.9 Å². The molecule has 4 rings (SSSR count). The molecule has 0 spiro atoms. The summed E-state index contributed by atoms with van der Waals surface area (Å²) in [5.74, 6) is -0.484. The summed E-state index contributed by atoms with van der Waals surface area (Å²) < 4.78 is 52.5. The second kappa shape index (κ2) is 11.5. The summed E-state index contributed by atoms with van der Waals surface area (Å²) in [5, 5.41) is 5.92. The number of carbonyl (C=O) groups excluding carboxylic acids is 1. The summed E-state index contributed by atoms with van der Waals surface area (Å²) in [7, 11) is -3.25. The van der Waals surface area contributed by atoms with Crippen molar-refractivity contribution in [3.8, 4) is 0 Å². The molecule has 2 fully saturated rings. The number of aromatic nitrogens is 1. The van der Waals surface area contributed by atoms with E-state index in [4.69, 9.17) is 0 Å². The zero-order valence-corrected chi connectivity index (χ0v) is 22.0. The van der Waals surface area contributed by atoms with Crippen molar-refractivity contribution < 1.29 is 22.0 Å². The summed E-state index contributed by atoms with van der Waals surface area (Å²) >= 11 is 0. The summed E-state index contributed by atoms with van der Waals surface area (Å²) in [5.41, 5.74) is 0.611. The van der Waals surface area contributed by atoms with Crippen LogP contribution >= 0.6 is 0 Å². The van der Waals surface area contributed by atoms with E-state index in [9.17, 15) is 22.0 Å². The molecule has 2 aromatic rings. The Morgan fingerprint density at radius 1 is 1.26 bits per heavy atom. The molecule has 1 amide bonds. The monoisotopic (exact) mass is 544 g/mol.